The molecule has 0 saturated carbocycles. The van der Waals surface area contributed by atoms with Gasteiger partial charge in [-0.25, -0.2) is 4.68 Å². The van der Waals surface area contributed by atoms with Gasteiger partial charge in [-0.3, -0.25) is 15.5 Å². The number of methoxy groups -OCH3 is 1. The maximum Gasteiger partial charge on any atom is 0.271 e. The number of aromatic nitrogens is 2. The van der Waals surface area contributed by atoms with Crippen LogP contribution in [0.2, 0.25) is 0 Å². The number of nitro groups is 1. The van der Waals surface area contributed by atoms with E-state index in [1.807, 2.05) is 60.8 Å². The Bertz CT molecular complexity index is 1220. The largest absolute Gasteiger partial charge is 0.497 e. The van der Waals surface area contributed by atoms with Crippen molar-refractivity contribution in [3.05, 3.63) is 101 Å². The molecule has 0 bridgehead atoms. The Kier molecular flexibility index (Phi) is 5.70. The molecule has 0 aliphatic carbocycles. The predicted octanol–water partition coefficient (Wildman–Crippen LogP) is 4.90. The number of benzene rings is 3. The summed E-state index contributed by atoms with van der Waals surface area (Å²) >= 11 is 0. The molecule has 1 heterocycles. The van der Waals surface area contributed by atoms with Crippen LogP contribution in [0.1, 0.15) is 5.56 Å². The summed E-state index contributed by atoms with van der Waals surface area (Å²) < 4.78 is 7.03. The van der Waals surface area contributed by atoms with Crippen LogP contribution in [-0.2, 0) is 0 Å². The predicted molar refractivity (Wildman–Crippen MR) is 120 cm³/mol. The zero-order valence-corrected chi connectivity index (χ0v) is 16.7. The first-order chi connectivity index (χ1) is 15.1. The maximum atomic E-state index is 11.0. The smallest absolute Gasteiger partial charge is 0.271 e. The monoisotopic (exact) mass is 413 g/mol. The molecular formula is C23H19N5O3. The lowest BCUT2D eigenvalue weighted by molar-refractivity contribution is -0.384. The van der Waals surface area contributed by atoms with Gasteiger partial charge in [-0.1, -0.05) is 24.3 Å². The van der Waals surface area contributed by atoms with Crippen molar-refractivity contribution in [1.82, 2.24) is 9.78 Å². The van der Waals surface area contributed by atoms with Gasteiger partial charge in [0.2, 0.25) is 0 Å². The van der Waals surface area contributed by atoms with E-state index in [-0.39, 0.29) is 5.69 Å². The first-order valence-corrected chi connectivity index (χ1v) is 9.47. The van der Waals surface area contributed by atoms with Gasteiger partial charge in [-0.05, 0) is 42.5 Å². The molecule has 0 fully saturated rings. The van der Waals surface area contributed by atoms with Gasteiger partial charge in [0.25, 0.3) is 5.69 Å². The highest BCUT2D eigenvalue weighted by atomic mass is 16.6. The first-order valence-electron chi connectivity index (χ1n) is 9.47. The Morgan fingerprint density at radius 3 is 2.55 bits per heavy atom. The molecule has 1 aromatic heterocycles. The number of nitrogens with zero attached hydrogens (tertiary/aromatic N) is 4. The molecule has 0 unspecified atom stereocenters. The summed E-state index contributed by atoms with van der Waals surface area (Å²) in [5.74, 6) is 0.758. The van der Waals surface area contributed by atoms with Crippen LogP contribution in [0.3, 0.4) is 0 Å². The number of ether oxygens (including phenoxy) is 1. The molecule has 0 spiro atoms. The molecule has 0 aliphatic heterocycles. The lowest BCUT2D eigenvalue weighted by atomic mass is 10.1. The van der Waals surface area contributed by atoms with Gasteiger partial charge >= 0.3 is 0 Å². The van der Waals surface area contributed by atoms with Crippen molar-refractivity contribution in [3.63, 3.8) is 0 Å². The van der Waals surface area contributed by atoms with Gasteiger partial charge in [-0.15, -0.1) is 0 Å². The van der Waals surface area contributed by atoms with E-state index < -0.39 is 4.92 Å². The number of nitro benzene ring substituents is 1. The van der Waals surface area contributed by atoms with Crippen LogP contribution in [0.15, 0.2) is 90.2 Å². The average molecular weight is 413 g/mol. The van der Waals surface area contributed by atoms with Gasteiger partial charge in [-0.2, -0.15) is 10.2 Å². The van der Waals surface area contributed by atoms with E-state index in [1.54, 1.807) is 30.1 Å². The third-order valence-electron chi connectivity index (χ3n) is 4.58. The number of para-hydroxylation sites is 1. The van der Waals surface area contributed by atoms with Crippen molar-refractivity contribution in [3.8, 4) is 22.7 Å². The fourth-order valence-corrected chi connectivity index (χ4v) is 3.03. The van der Waals surface area contributed by atoms with Crippen LogP contribution in [0.4, 0.5) is 11.4 Å². The Labute approximate surface area is 178 Å². The zero-order valence-electron chi connectivity index (χ0n) is 16.7. The molecule has 31 heavy (non-hydrogen) atoms. The fourth-order valence-electron chi connectivity index (χ4n) is 3.03. The fraction of sp³-hybridized carbons (Fsp3) is 0.0435. The van der Waals surface area contributed by atoms with E-state index in [2.05, 4.69) is 10.5 Å². The molecule has 8 heteroatoms. The van der Waals surface area contributed by atoms with E-state index in [1.165, 1.54) is 12.1 Å². The summed E-state index contributed by atoms with van der Waals surface area (Å²) in [7, 11) is 1.62. The molecule has 0 radical (unpaired) electrons. The summed E-state index contributed by atoms with van der Waals surface area (Å²) in [4.78, 5) is 10.5. The second-order valence-corrected chi connectivity index (χ2v) is 6.62. The molecule has 3 aromatic carbocycles. The molecule has 4 rings (SSSR count). The minimum atomic E-state index is -0.444. The first kappa shape index (κ1) is 19.8. The summed E-state index contributed by atoms with van der Waals surface area (Å²) in [5, 5.41) is 20.0. The van der Waals surface area contributed by atoms with Crippen molar-refractivity contribution >= 4 is 17.6 Å². The van der Waals surface area contributed by atoms with Crippen LogP contribution in [-0.4, -0.2) is 28.0 Å². The van der Waals surface area contributed by atoms with Crippen molar-refractivity contribution in [1.29, 1.82) is 0 Å². The van der Waals surface area contributed by atoms with Crippen molar-refractivity contribution in [2.45, 2.75) is 0 Å². The normalized spacial score (nSPS) is 10.9. The summed E-state index contributed by atoms with van der Waals surface area (Å²) in [5.41, 5.74) is 6.72. The third-order valence-corrected chi connectivity index (χ3v) is 4.58. The molecule has 8 nitrogen and oxygen atoms in total. The molecule has 154 valence electrons. The van der Waals surface area contributed by atoms with Crippen LogP contribution >= 0.6 is 0 Å². The van der Waals surface area contributed by atoms with Crippen molar-refractivity contribution in [2.75, 3.05) is 12.5 Å². The molecule has 0 atom stereocenters. The number of hydrogen-bond donors (Lipinski definition) is 1. The second-order valence-electron chi connectivity index (χ2n) is 6.62. The minimum Gasteiger partial charge on any atom is -0.497 e. The SMILES string of the molecule is COc1ccc(-c2nn(-c3ccccc3)cc2/C=N/Nc2cccc([N+](=O)[O-])c2)cc1. The van der Waals surface area contributed by atoms with Gasteiger partial charge in [0.1, 0.15) is 11.4 Å². The zero-order chi connectivity index (χ0) is 21.6. The van der Waals surface area contributed by atoms with Crippen molar-refractivity contribution < 1.29 is 9.66 Å². The standard InChI is InChI=1S/C23H19N5O3/c1-31-22-12-10-17(11-13-22)23-18(16-27(26-23)20-7-3-2-4-8-20)15-24-25-19-6-5-9-21(14-19)28(29)30/h2-16,25H,1H3/b24-15+. The summed E-state index contributed by atoms with van der Waals surface area (Å²) in [6.45, 7) is 0. The Morgan fingerprint density at radius 2 is 1.84 bits per heavy atom. The lowest BCUT2D eigenvalue weighted by Crippen LogP contribution is -1.94. The summed E-state index contributed by atoms with van der Waals surface area (Å²) in [6.07, 6.45) is 3.53. The van der Waals surface area contributed by atoms with Crippen molar-refractivity contribution in [2.24, 2.45) is 5.10 Å². The molecule has 0 saturated heterocycles. The number of rotatable bonds is 7. The number of nitrogens with one attached hydrogen (secondary N) is 1. The highest BCUT2D eigenvalue weighted by Crippen LogP contribution is 2.25. The molecular weight excluding hydrogens is 394 g/mol. The van der Waals surface area contributed by atoms with Crippen LogP contribution in [0.25, 0.3) is 16.9 Å². The average Bonchev–Trinajstić information content (AvgIpc) is 3.24. The molecule has 1 N–H and O–H groups in total. The third kappa shape index (κ3) is 4.59. The number of non-ortho nitro benzene ring substituents is 1. The van der Waals surface area contributed by atoms with Crippen LogP contribution in [0, 0.1) is 10.1 Å². The lowest BCUT2D eigenvalue weighted by Gasteiger charge is -2.03. The minimum absolute atomic E-state index is 0.00369. The second kappa shape index (κ2) is 8.91. The molecule has 4 aromatic rings. The molecule has 0 amide bonds. The van der Waals surface area contributed by atoms with Gasteiger partial charge < -0.3 is 4.74 Å². The van der Waals surface area contributed by atoms with Crippen LogP contribution < -0.4 is 10.2 Å². The van der Waals surface area contributed by atoms with Crippen LogP contribution in [0.5, 0.6) is 5.75 Å². The quantitative estimate of drug-likeness (QED) is 0.264. The Balaban J connectivity index is 1.66. The number of anilines is 1. The molecule has 0 aliphatic rings. The van der Waals surface area contributed by atoms with Gasteiger partial charge in [0.05, 0.1) is 29.6 Å². The number of hydrazone groups is 1. The topological polar surface area (TPSA) is 94.6 Å². The van der Waals surface area contributed by atoms with E-state index in [0.29, 0.717) is 5.69 Å². The van der Waals surface area contributed by atoms with Gasteiger partial charge in [0.15, 0.2) is 0 Å². The highest BCUT2D eigenvalue weighted by molar-refractivity contribution is 5.89. The van der Waals surface area contributed by atoms with E-state index >= 15 is 0 Å². The maximum absolute atomic E-state index is 11.0. The highest BCUT2D eigenvalue weighted by Gasteiger charge is 2.11. The Hall–Kier alpha value is -4.46. The van der Waals surface area contributed by atoms with E-state index in [9.17, 15) is 10.1 Å². The Morgan fingerprint density at radius 1 is 1.06 bits per heavy atom. The number of hydrogen-bond acceptors (Lipinski definition) is 6. The van der Waals surface area contributed by atoms with E-state index in [0.717, 1.165) is 28.3 Å². The summed E-state index contributed by atoms with van der Waals surface area (Å²) in [6, 6.07) is 23.6. The van der Waals surface area contributed by atoms with Gasteiger partial charge in [0, 0.05) is 29.5 Å². The van der Waals surface area contributed by atoms with E-state index in [4.69, 9.17) is 9.84 Å².